The topological polar surface area (TPSA) is 76.7 Å². The van der Waals surface area contributed by atoms with Gasteiger partial charge in [0.1, 0.15) is 5.75 Å². The van der Waals surface area contributed by atoms with Crippen LogP contribution in [-0.2, 0) is 9.53 Å². The summed E-state index contributed by atoms with van der Waals surface area (Å²) in [5, 5.41) is 5.42. The second-order valence-corrected chi connectivity index (χ2v) is 6.30. The number of allylic oxidation sites excluding steroid dienone is 1. The Bertz CT molecular complexity index is 650. The van der Waals surface area contributed by atoms with E-state index in [9.17, 15) is 9.59 Å². The zero-order valence-electron chi connectivity index (χ0n) is 15.2. The molecular weight excluding hydrogens is 320 g/mol. The van der Waals surface area contributed by atoms with Crippen LogP contribution < -0.4 is 15.4 Å². The highest BCUT2D eigenvalue weighted by atomic mass is 16.5. The Labute approximate surface area is 148 Å². The van der Waals surface area contributed by atoms with Crippen LogP contribution in [0.4, 0.5) is 4.79 Å². The fourth-order valence-corrected chi connectivity index (χ4v) is 2.58. The highest BCUT2D eigenvalue weighted by Crippen LogP contribution is 2.29. The molecule has 0 saturated carbocycles. The number of esters is 1. The van der Waals surface area contributed by atoms with Gasteiger partial charge >= 0.3 is 12.0 Å². The molecule has 136 valence electrons. The van der Waals surface area contributed by atoms with Crippen LogP contribution in [0, 0.1) is 0 Å². The van der Waals surface area contributed by atoms with E-state index in [-0.39, 0.29) is 12.1 Å². The molecule has 25 heavy (non-hydrogen) atoms. The molecule has 1 heterocycles. The summed E-state index contributed by atoms with van der Waals surface area (Å²) in [6.07, 6.45) is 1.84. The number of rotatable bonds is 7. The zero-order chi connectivity index (χ0) is 18.4. The van der Waals surface area contributed by atoms with Crippen LogP contribution in [0.25, 0.3) is 0 Å². The molecule has 1 aromatic carbocycles. The number of ether oxygens (including phenoxy) is 2. The van der Waals surface area contributed by atoms with E-state index in [4.69, 9.17) is 9.47 Å². The molecule has 0 aliphatic carbocycles. The van der Waals surface area contributed by atoms with E-state index < -0.39 is 12.0 Å². The van der Waals surface area contributed by atoms with E-state index in [1.165, 1.54) is 0 Å². The Morgan fingerprint density at radius 1 is 1.24 bits per heavy atom. The highest BCUT2D eigenvalue weighted by molar-refractivity contribution is 5.95. The van der Waals surface area contributed by atoms with Crippen molar-refractivity contribution in [3.05, 3.63) is 41.1 Å². The minimum absolute atomic E-state index is 0.236. The first-order valence-electron chi connectivity index (χ1n) is 8.64. The van der Waals surface area contributed by atoms with E-state index in [1.807, 2.05) is 24.3 Å². The van der Waals surface area contributed by atoms with Crippen molar-refractivity contribution in [1.82, 2.24) is 10.6 Å². The molecule has 1 atom stereocenters. The van der Waals surface area contributed by atoms with E-state index in [2.05, 4.69) is 17.6 Å². The average Bonchev–Trinajstić information content (AvgIpc) is 2.54. The highest BCUT2D eigenvalue weighted by Gasteiger charge is 2.32. The average molecular weight is 346 g/mol. The van der Waals surface area contributed by atoms with Crippen molar-refractivity contribution in [3.8, 4) is 5.75 Å². The van der Waals surface area contributed by atoms with Gasteiger partial charge in [-0.2, -0.15) is 0 Å². The summed E-state index contributed by atoms with van der Waals surface area (Å²) in [6, 6.07) is 6.51. The summed E-state index contributed by atoms with van der Waals surface area (Å²) in [5.74, 6) is 0.331. The molecule has 2 rings (SSSR count). The Kier molecular flexibility index (Phi) is 6.44. The molecule has 1 aliphatic heterocycles. The lowest BCUT2D eigenvalue weighted by molar-refractivity contribution is -0.143. The first-order chi connectivity index (χ1) is 11.9. The summed E-state index contributed by atoms with van der Waals surface area (Å²) in [7, 11) is 0. The summed E-state index contributed by atoms with van der Waals surface area (Å²) < 4.78 is 11.0. The van der Waals surface area contributed by atoms with Gasteiger partial charge in [-0.05, 0) is 44.9 Å². The third kappa shape index (κ3) is 4.98. The van der Waals surface area contributed by atoms with Gasteiger partial charge in [-0.1, -0.05) is 25.5 Å². The Balaban J connectivity index is 2.23. The number of carbonyl (C=O) groups excluding carboxylic acids is 2. The van der Waals surface area contributed by atoms with Crippen molar-refractivity contribution in [3.63, 3.8) is 0 Å². The van der Waals surface area contributed by atoms with Gasteiger partial charge in [0.2, 0.25) is 0 Å². The fraction of sp³-hybridized carbons (Fsp3) is 0.474. The molecule has 1 aromatic rings. The van der Waals surface area contributed by atoms with Crippen molar-refractivity contribution in [2.45, 2.75) is 52.7 Å². The molecule has 0 bridgehead atoms. The lowest BCUT2D eigenvalue weighted by atomic mass is 9.95. The molecule has 6 heteroatoms. The summed E-state index contributed by atoms with van der Waals surface area (Å²) in [4.78, 5) is 24.3. The molecule has 6 nitrogen and oxygen atoms in total. The number of benzene rings is 1. The number of unbranched alkanes of at least 4 members (excludes halogenated alkanes) is 1. The van der Waals surface area contributed by atoms with Gasteiger partial charge in [-0.25, -0.2) is 9.59 Å². The first-order valence-corrected chi connectivity index (χ1v) is 8.64. The second-order valence-electron chi connectivity index (χ2n) is 6.30. The van der Waals surface area contributed by atoms with E-state index in [0.717, 1.165) is 24.2 Å². The van der Waals surface area contributed by atoms with Gasteiger partial charge in [0.05, 0.1) is 24.3 Å². The van der Waals surface area contributed by atoms with Crippen LogP contribution in [0.5, 0.6) is 5.75 Å². The quantitative estimate of drug-likeness (QED) is 0.586. The van der Waals surface area contributed by atoms with Gasteiger partial charge in [0, 0.05) is 5.70 Å². The molecule has 0 radical (unpaired) electrons. The normalized spacial score (nSPS) is 17.2. The summed E-state index contributed by atoms with van der Waals surface area (Å²) >= 11 is 0. The molecule has 0 aromatic heterocycles. The molecule has 1 aliphatic rings. The van der Waals surface area contributed by atoms with E-state index in [0.29, 0.717) is 17.9 Å². The molecule has 0 spiro atoms. The third-order valence-electron chi connectivity index (χ3n) is 3.81. The first kappa shape index (κ1) is 18.8. The van der Waals surface area contributed by atoms with Crippen LogP contribution >= 0.6 is 0 Å². The van der Waals surface area contributed by atoms with Gasteiger partial charge < -0.3 is 20.1 Å². The fourth-order valence-electron chi connectivity index (χ4n) is 2.58. The Morgan fingerprint density at radius 2 is 1.92 bits per heavy atom. The SMILES string of the molecule is CCCCOc1ccc([C@@H]2NC(=O)NC(C)=C2C(=O)OC(C)C)cc1. The predicted molar refractivity (Wildman–Crippen MR) is 95.2 cm³/mol. The maximum absolute atomic E-state index is 12.5. The van der Waals surface area contributed by atoms with Crippen molar-refractivity contribution < 1.29 is 19.1 Å². The maximum atomic E-state index is 12.5. The number of carbonyl (C=O) groups is 2. The van der Waals surface area contributed by atoms with E-state index in [1.54, 1.807) is 20.8 Å². The van der Waals surface area contributed by atoms with Gasteiger partial charge in [0.25, 0.3) is 0 Å². The molecule has 0 fully saturated rings. The number of amides is 2. The molecule has 2 N–H and O–H groups in total. The lowest BCUT2D eigenvalue weighted by Crippen LogP contribution is -2.45. The molecular formula is C19H26N2O4. The predicted octanol–water partition coefficient (Wildman–Crippen LogP) is 3.45. The summed E-state index contributed by atoms with van der Waals surface area (Å²) in [6.45, 7) is 8.06. The van der Waals surface area contributed by atoms with Crippen LogP contribution in [-0.4, -0.2) is 24.7 Å². The smallest absolute Gasteiger partial charge is 0.338 e. The largest absolute Gasteiger partial charge is 0.494 e. The van der Waals surface area contributed by atoms with Crippen LogP contribution in [0.1, 0.15) is 52.1 Å². The third-order valence-corrected chi connectivity index (χ3v) is 3.81. The van der Waals surface area contributed by atoms with Crippen molar-refractivity contribution in [2.75, 3.05) is 6.61 Å². The number of urea groups is 1. The van der Waals surface area contributed by atoms with E-state index >= 15 is 0 Å². The minimum Gasteiger partial charge on any atom is -0.494 e. The van der Waals surface area contributed by atoms with Crippen LogP contribution in [0.3, 0.4) is 0 Å². The Morgan fingerprint density at radius 3 is 2.52 bits per heavy atom. The molecule has 2 amide bonds. The maximum Gasteiger partial charge on any atom is 0.338 e. The number of nitrogens with one attached hydrogen (secondary N) is 2. The number of hydrogen-bond acceptors (Lipinski definition) is 4. The van der Waals surface area contributed by atoms with Crippen molar-refractivity contribution in [1.29, 1.82) is 0 Å². The van der Waals surface area contributed by atoms with Gasteiger partial charge in [-0.3, -0.25) is 0 Å². The monoisotopic (exact) mass is 346 g/mol. The number of hydrogen-bond donors (Lipinski definition) is 2. The second kappa shape index (κ2) is 8.55. The summed E-state index contributed by atoms with van der Waals surface area (Å²) in [5.41, 5.74) is 1.71. The van der Waals surface area contributed by atoms with Gasteiger partial charge in [0.15, 0.2) is 0 Å². The zero-order valence-corrected chi connectivity index (χ0v) is 15.2. The lowest BCUT2D eigenvalue weighted by Gasteiger charge is -2.28. The molecule has 0 unspecified atom stereocenters. The molecule has 0 saturated heterocycles. The van der Waals surface area contributed by atoms with Crippen molar-refractivity contribution in [2.24, 2.45) is 0 Å². The standard InChI is InChI=1S/C19H26N2O4/c1-5-6-11-24-15-9-7-14(8-10-15)17-16(18(22)25-12(2)3)13(4)20-19(23)21-17/h7-10,12,17H,5-6,11H2,1-4H3,(H2,20,21,23)/t17-/m0/s1. The van der Waals surface area contributed by atoms with Gasteiger partial charge in [-0.15, -0.1) is 0 Å². The van der Waals surface area contributed by atoms with Crippen LogP contribution in [0.2, 0.25) is 0 Å². The Hall–Kier alpha value is -2.50. The minimum atomic E-state index is -0.551. The van der Waals surface area contributed by atoms with Crippen molar-refractivity contribution >= 4 is 12.0 Å². The van der Waals surface area contributed by atoms with Crippen LogP contribution in [0.15, 0.2) is 35.5 Å².